The first-order chi connectivity index (χ1) is 12.5. The molecule has 1 atom stereocenters. The Morgan fingerprint density at radius 2 is 1.92 bits per heavy atom. The summed E-state index contributed by atoms with van der Waals surface area (Å²) in [5, 5.41) is 2.73. The van der Waals surface area contributed by atoms with Gasteiger partial charge in [-0.1, -0.05) is 18.2 Å². The standard InChI is InChI=1S/C21H23FN2O2/c1-14-10-11-16(21(26)24-12-6-5-7-15(24)2)13-19(14)23-20(25)17-8-3-4-9-18(17)22/h3-4,8-11,13,15H,5-7,12H2,1-2H3,(H,23,25). The average molecular weight is 354 g/mol. The Balaban J connectivity index is 1.83. The fraction of sp³-hybridized carbons (Fsp3) is 0.333. The Labute approximate surface area is 153 Å². The molecule has 1 N–H and O–H groups in total. The number of piperidine rings is 1. The van der Waals surface area contributed by atoms with Crippen molar-refractivity contribution < 1.29 is 14.0 Å². The lowest BCUT2D eigenvalue weighted by atomic mass is 10.0. The third-order valence-electron chi connectivity index (χ3n) is 4.92. The first-order valence-corrected chi connectivity index (χ1v) is 8.95. The van der Waals surface area contributed by atoms with E-state index in [1.165, 1.54) is 18.2 Å². The molecule has 2 aromatic carbocycles. The molecule has 0 aromatic heterocycles. The van der Waals surface area contributed by atoms with Crippen LogP contribution in [0.2, 0.25) is 0 Å². The Hall–Kier alpha value is -2.69. The summed E-state index contributed by atoms with van der Waals surface area (Å²) in [6.07, 6.45) is 3.16. The minimum Gasteiger partial charge on any atom is -0.336 e. The normalized spacial score (nSPS) is 17.0. The number of hydrogen-bond acceptors (Lipinski definition) is 2. The van der Waals surface area contributed by atoms with Gasteiger partial charge in [0.25, 0.3) is 11.8 Å². The van der Waals surface area contributed by atoms with Crippen LogP contribution in [0.3, 0.4) is 0 Å². The molecule has 0 spiro atoms. The summed E-state index contributed by atoms with van der Waals surface area (Å²) in [6.45, 7) is 4.66. The monoisotopic (exact) mass is 354 g/mol. The van der Waals surface area contributed by atoms with Crippen molar-refractivity contribution in [2.24, 2.45) is 0 Å². The zero-order chi connectivity index (χ0) is 18.7. The van der Waals surface area contributed by atoms with Crippen molar-refractivity contribution >= 4 is 17.5 Å². The predicted octanol–water partition coefficient (Wildman–Crippen LogP) is 4.40. The molecule has 0 bridgehead atoms. The second kappa shape index (κ2) is 7.68. The van der Waals surface area contributed by atoms with Crippen LogP contribution in [0.4, 0.5) is 10.1 Å². The number of nitrogens with zero attached hydrogens (tertiary/aromatic N) is 1. The SMILES string of the molecule is Cc1ccc(C(=O)N2CCCCC2C)cc1NC(=O)c1ccccc1F. The van der Waals surface area contributed by atoms with Crippen molar-refractivity contribution in [3.63, 3.8) is 0 Å². The average Bonchev–Trinajstić information content (AvgIpc) is 2.63. The highest BCUT2D eigenvalue weighted by molar-refractivity contribution is 6.05. The molecule has 2 amide bonds. The highest BCUT2D eigenvalue weighted by Crippen LogP contribution is 2.23. The van der Waals surface area contributed by atoms with Gasteiger partial charge in [-0.2, -0.15) is 0 Å². The molecule has 3 rings (SSSR count). The number of aryl methyl sites for hydroxylation is 1. The zero-order valence-electron chi connectivity index (χ0n) is 15.1. The number of nitrogens with one attached hydrogen (secondary N) is 1. The molecular weight excluding hydrogens is 331 g/mol. The van der Waals surface area contributed by atoms with Crippen LogP contribution in [0.25, 0.3) is 0 Å². The maximum absolute atomic E-state index is 13.8. The molecule has 26 heavy (non-hydrogen) atoms. The van der Waals surface area contributed by atoms with E-state index in [0.717, 1.165) is 31.4 Å². The molecular formula is C21H23FN2O2. The van der Waals surface area contributed by atoms with Crippen LogP contribution in [0.1, 0.15) is 52.5 Å². The molecule has 1 aliphatic heterocycles. The van der Waals surface area contributed by atoms with Gasteiger partial charge in [0.2, 0.25) is 0 Å². The number of amides is 2. The summed E-state index contributed by atoms with van der Waals surface area (Å²) < 4.78 is 13.8. The van der Waals surface area contributed by atoms with Gasteiger partial charge < -0.3 is 10.2 Å². The summed E-state index contributed by atoms with van der Waals surface area (Å²) in [4.78, 5) is 27.1. The van der Waals surface area contributed by atoms with Gasteiger partial charge in [0, 0.05) is 23.8 Å². The van der Waals surface area contributed by atoms with Gasteiger partial charge in [-0.25, -0.2) is 4.39 Å². The first kappa shape index (κ1) is 18.1. The first-order valence-electron chi connectivity index (χ1n) is 8.95. The molecule has 1 unspecified atom stereocenters. The molecule has 1 saturated heterocycles. The van der Waals surface area contributed by atoms with E-state index in [4.69, 9.17) is 0 Å². The van der Waals surface area contributed by atoms with E-state index in [9.17, 15) is 14.0 Å². The number of anilines is 1. The summed E-state index contributed by atoms with van der Waals surface area (Å²) in [6, 6.07) is 11.3. The molecule has 1 heterocycles. The lowest BCUT2D eigenvalue weighted by Crippen LogP contribution is -2.42. The van der Waals surface area contributed by atoms with Crippen molar-refractivity contribution in [1.82, 2.24) is 4.90 Å². The van der Waals surface area contributed by atoms with Gasteiger partial charge >= 0.3 is 0 Å². The number of benzene rings is 2. The number of carbonyl (C=O) groups excluding carboxylic acids is 2. The van der Waals surface area contributed by atoms with Crippen LogP contribution in [0.5, 0.6) is 0 Å². The number of carbonyl (C=O) groups is 2. The Kier molecular flexibility index (Phi) is 5.35. The second-order valence-electron chi connectivity index (χ2n) is 6.81. The Morgan fingerprint density at radius 3 is 2.65 bits per heavy atom. The fourth-order valence-electron chi connectivity index (χ4n) is 3.29. The van der Waals surface area contributed by atoms with Gasteiger partial charge in [0.15, 0.2) is 0 Å². The smallest absolute Gasteiger partial charge is 0.258 e. The molecule has 0 saturated carbocycles. The van der Waals surface area contributed by atoms with E-state index in [1.54, 1.807) is 24.3 Å². The topological polar surface area (TPSA) is 49.4 Å². The molecule has 4 nitrogen and oxygen atoms in total. The highest BCUT2D eigenvalue weighted by Gasteiger charge is 2.24. The van der Waals surface area contributed by atoms with E-state index in [1.807, 2.05) is 11.8 Å². The van der Waals surface area contributed by atoms with Crippen molar-refractivity contribution in [2.75, 3.05) is 11.9 Å². The van der Waals surface area contributed by atoms with E-state index < -0.39 is 11.7 Å². The maximum atomic E-state index is 13.8. The molecule has 2 aromatic rings. The summed E-state index contributed by atoms with van der Waals surface area (Å²) in [7, 11) is 0. The van der Waals surface area contributed by atoms with Crippen LogP contribution < -0.4 is 5.32 Å². The molecule has 0 aliphatic carbocycles. The van der Waals surface area contributed by atoms with Crippen LogP contribution in [-0.2, 0) is 0 Å². The van der Waals surface area contributed by atoms with Crippen molar-refractivity contribution in [3.8, 4) is 0 Å². The molecule has 0 radical (unpaired) electrons. The molecule has 1 aliphatic rings. The highest BCUT2D eigenvalue weighted by atomic mass is 19.1. The van der Waals surface area contributed by atoms with Crippen LogP contribution in [0, 0.1) is 12.7 Å². The van der Waals surface area contributed by atoms with Crippen LogP contribution >= 0.6 is 0 Å². The number of hydrogen-bond donors (Lipinski definition) is 1. The lowest BCUT2D eigenvalue weighted by Gasteiger charge is -2.33. The van der Waals surface area contributed by atoms with Gasteiger partial charge in [-0.15, -0.1) is 0 Å². The Morgan fingerprint density at radius 1 is 1.15 bits per heavy atom. The summed E-state index contributed by atoms with van der Waals surface area (Å²) in [5.41, 5.74) is 1.85. The fourth-order valence-corrected chi connectivity index (χ4v) is 3.29. The van der Waals surface area contributed by atoms with E-state index in [-0.39, 0.29) is 17.5 Å². The Bertz CT molecular complexity index is 835. The quantitative estimate of drug-likeness (QED) is 0.888. The van der Waals surface area contributed by atoms with Crippen LogP contribution in [-0.4, -0.2) is 29.3 Å². The van der Waals surface area contributed by atoms with Gasteiger partial charge in [-0.3, -0.25) is 9.59 Å². The molecule has 5 heteroatoms. The molecule has 1 fully saturated rings. The number of rotatable bonds is 3. The predicted molar refractivity (Wildman–Crippen MR) is 99.9 cm³/mol. The lowest BCUT2D eigenvalue weighted by molar-refractivity contribution is 0.0635. The van der Waals surface area contributed by atoms with Crippen molar-refractivity contribution in [2.45, 2.75) is 39.2 Å². The molecule has 136 valence electrons. The summed E-state index contributed by atoms with van der Waals surface area (Å²) in [5.74, 6) is -1.13. The maximum Gasteiger partial charge on any atom is 0.258 e. The minimum atomic E-state index is -0.572. The van der Waals surface area contributed by atoms with Gasteiger partial charge in [0.1, 0.15) is 5.82 Å². The number of halogens is 1. The summed E-state index contributed by atoms with van der Waals surface area (Å²) >= 11 is 0. The minimum absolute atomic E-state index is 0.0201. The third-order valence-corrected chi connectivity index (χ3v) is 4.92. The number of likely N-dealkylation sites (tertiary alicyclic amines) is 1. The van der Waals surface area contributed by atoms with Crippen LogP contribution in [0.15, 0.2) is 42.5 Å². The van der Waals surface area contributed by atoms with E-state index in [2.05, 4.69) is 12.2 Å². The van der Waals surface area contributed by atoms with Gasteiger partial charge in [0.05, 0.1) is 5.56 Å². The largest absolute Gasteiger partial charge is 0.336 e. The van der Waals surface area contributed by atoms with Crippen molar-refractivity contribution in [1.29, 1.82) is 0 Å². The zero-order valence-corrected chi connectivity index (χ0v) is 15.1. The van der Waals surface area contributed by atoms with E-state index >= 15 is 0 Å². The van der Waals surface area contributed by atoms with E-state index in [0.29, 0.717) is 11.3 Å². The van der Waals surface area contributed by atoms with Crippen molar-refractivity contribution in [3.05, 3.63) is 65.0 Å². The van der Waals surface area contributed by atoms with Gasteiger partial charge in [-0.05, 0) is 62.9 Å². The second-order valence-corrected chi connectivity index (χ2v) is 6.81. The third kappa shape index (κ3) is 3.77.